The van der Waals surface area contributed by atoms with E-state index in [4.69, 9.17) is 9.15 Å². The molecule has 148 valence electrons. The van der Waals surface area contributed by atoms with Crippen molar-refractivity contribution in [1.82, 2.24) is 15.1 Å². The zero-order chi connectivity index (χ0) is 19.1. The van der Waals surface area contributed by atoms with Gasteiger partial charge in [-0.1, -0.05) is 5.10 Å². The normalized spacial score (nSPS) is 20.7. The Kier molecular flexibility index (Phi) is 4.14. The van der Waals surface area contributed by atoms with Crippen molar-refractivity contribution in [2.45, 2.75) is 38.6 Å². The van der Waals surface area contributed by atoms with Crippen molar-refractivity contribution in [3.05, 3.63) is 18.2 Å². The minimum absolute atomic E-state index is 0.0866. The van der Waals surface area contributed by atoms with Gasteiger partial charge in [0.25, 0.3) is 0 Å². The molecule has 0 bridgehead atoms. The maximum atomic E-state index is 12.7. The van der Waals surface area contributed by atoms with E-state index in [1.54, 1.807) is 0 Å². The SMILES string of the molecule is C[C@H](Nc1nnc(-c2ccc3c(c2)OCCN3)o1)C(=O)N1CCC2(CC1)CC2. The van der Waals surface area contributed by atoms with Crippen LogP contribution in [-0.4, -0.2) is 53.3 Å². The summed E-state index contributed by atoms with van der Waals surface area (Å²) in [5, 5.41) is 14.5. The van der Waals surface area contributed by atoms with Gasteiger partial charge in [0.15, 0.2) is 0 Å². The van der Waals surface area contributed by atoms with Gasteiger partial charge < -0.3 is 24.7 Å². The van der Waals surface area contributed by atoms with Crippen molar-refractivity contribution < 1.29 is 13.9 Å². The van der Waals surface area contributed by atoms with Gasteiger partial charge in [0, 0.05) is 25.2 Å². The Hall–Kier alpha value is -2.77. The molecule has 0 radical (unpaired) electrons. The summed E-state index contributed by atoms with van der Waals surface area (Å²) in [6.07, 6.45) is 4.92. The maximum absolute atomic E-state index is 12.7. The molecule has 1 saturated carbocycles. The molecule has 1 spiro atoms. The zero-order valence-corrected chi connectivity index (χ0v) is 16.0. The molecule has 1 saturated heterocycles. The number of carbonyl (C=O) groups is 1. The Morgan fingerprint density at radius 2 is 2.07 bits per heavy atom. The lowest BCUT2D eigenvalue weighted by atomic mass is 9.93. The van der Waals surface area contributed by atoms with Crippen molar-refractivity contribution >= 4 is 17.6 Å². The number of carbonyl (C=O) groups excluding carboxylic acids is 1. The molecule has 1 aromatic heterocycles. The number of rotatable bonds is 4. The van der Waals surface area contributed by atoms with Crippen LogP contribution in [0.25, 0.3) is 11.5 Å². The smallest absolute Gasteiger partial charge is 0.316 e. The van der Waals surface area contributed by atoms with E-state index in [0.717, 1.165) is 49.5 Å². The van der Waals surface area contributed by atoms with Gasteiger partial charge in [-0.25, -0.2) is 0 Å². The highest BCUT2D eigenvalue weighted by molar-refractivity contribution is 5.83. The van der Waals surface area contributed by atoms with Crippen LogP contribution in [0.1, 0.15) is 32.6 Å². The lowest BCUT2D eigenvalue weighted by molar-refractivity contribution is -0.133. The number of amides is 1. The number of hydrogen-bond acceptors (Lipinski definition) is 7. The first-order valence-electron chi connectivity index (χ1n) is 10.0. The average Bonchev–Trinajstić information content (AvgIpc) is 3.31. The number of hydrogen-bond donors (Lipinski definition) is 2. The van der Waals surface area contributed by atoms with Crippen LogP contribution in [-0.2, 0) is 4.79 Å². The maximum Gasteiger partial charge on any atom is 0.316 e. The summed E-state index contributed by atoms with van der Waals surface area (Å²) in [5.74, 6) is 1.26. The molecule has 8 nitrogen and oxygen atoms in total. The first-order chi connectivity index (χ1) is 13.6. The van der Waals surface area contributed by atoms with Gasteiger partial charge in [-0.05, 0) is 56.2 Å². The van der Waals surface area contributed by atoms with Gasteiger partial charge in [-0.3, -0.25) is 4.79 Å². The van der Waals surface area contributed by atoms with E-state index in [-0.39, 0.29) is 11.9 Å². The van der Waals surface area contributed by atoms with Gasteiger partial charge in [0.2, 0.25) is 11.8 Å². The molecule has 0 unspecified atom stereocenters. The Balaban J connectivity index is 1.23. The minimum atomic E-state index is -0.405. The van der Waals surface area contributed by atoms with E-state index in [0.29, 0.717) is 17.9 Å². The quantitative estimate of drug-likeness (QED) is 0.838. The highest BCUT2D eigenvalue weighted by atomic mass is 16.5. The number of likely N-dealkylation sites (tertiary alicyclic amines) is 1. The van der Waals surface area contributed by atoms with Crippen molar-refractivity contribution in [1.29, 1.82) is 0 Å². The van der Waals surface area contributed by atoms with Gasteiger partial charge in [0.05, 0.1) is 5.69 Å². The molecule has 2 aliphatic heterocycles. The van der Waals surface area contributed by atoms with E-state index in [2.05, 4.69) is 20.8 Å². The summed E-state index contributed by atoms with van der Waals surface area (Å²) in [7, 11) is 0. The molecule has 2 aromatic rings. The fourth-order valence-electron chi connectivity index (χ4n) is 4.06. The van der Waals surface area contributed by atoms with Gasteiger partial charge >= 0.3 is 6.01 Å². The van der Waals surface area contributed by atoms with Crippen LogP contribution in [0.5, 0.6) is 5.75 Å². The summed E-state index contributed by atoms with van der Waals surface area (Å²) < 4.78 is 11.4. The first kappa shape index (κ1) is 17.3. The summed E-state index contributed by atoms with van der Waals surface area (Å²) in [6.45, 7) is 4.97. The Morgan fingerprint density at radius 3 is 2.86 bits per heavy atom. The van der Waals surface area contributed by atoms with Crippen LogP contribution in [0.4, 0.5) is 11.7 Å². The van der Waals surface area contributed by atoms with E-state index in [1.807, 2.05) is 30.0 Å². The molecule has 28 heavy (non-hydrogen) atoms. The van der Waals surface area contributed by atoms with Crippen LogP contribution in [0.2, 0.25) is 0 Å². The van der Waals surface area contributed by atoms with Crippen LogP contribution in [0.15, 0.2) is 22.6 Å². The lowest BCUT2D eigenvalue weighted by Crippen LogP contribution is -2.45. The molecular formula is C20H25N5O3. The van der Waals surface area contributed by atoms with Crippen LogP contribution < -0.4 is 15.4 Å². The van der Waals surface area contributed by atoms with Crippen LogP contribution in [0.3, 0.4) is 0 Å². The number of aromatic nitrogens is 2. The highest BCUT2D eigenvalue weighted by Gasteiger charge is 2.45. The average molecular weight is 383 g/mol. The summed E-state index contributed by atoms with van der Waals surface area (Å²) >= 11 is 0. The molecule has 5 rings (SSSR count). The summed E-state index contributed by atoms with van der Waals surface area (Å²) in [4.78, 5) is 14.7. The van der Waals surface area contributed by atoms with E-state index >= 15 is 0 Å². The summed E-state index contributed by atoms with van der Waals surface area (Å²) in [6, 6.07) is 5.58. The van der Waals surface area contributed by atoms with Crippen molar-refractivity contribution in [3.63, 3.8) is 0 Å². The number of fused-ring (bicyclic) bond motifs is 1. The van der Waals surface area contributed by atoms with Gasteiger partial charge in [-0.15, -0.1) is 5.10 Å². The van der Waals surface area contributed by atoms with Gasteiger partial charge in [0.1, 0.15) is 18.4 Å². The molecule has 1 aliphatic carbocycles. The number of ether oxygens (including phenoxy) is 1. The molecule has 2 N–H and O–H groups in total. The second kappa shape index (κ2) is 6.68. The van der Waals surface area contributed by atoms with E-state index < -0.39 is 6.04 Å². The standard InChI is InChI=1S/C20H25N5O3/c1-13(18(26)25-9-6-20(4-5-20)7-10-25)22-19-24-23-17(28-19)14-2-3-15-16(12-14)27-11-8-21-15/h2-3,12-13,21H,4-11H2,1H3,(H,22,24)/t13-/m0/s1. The third kappa shape index (κ3) is 3.27. The van der Waals surface area contributed by atoms with Crippen LogP contribution in [0, 0.1) is 5.41 Å². The number of nitrogens with zero attached hydrogens (tertiary/aromatic N) is 3. The van der Waals surface area contributed by atoms with Crippen molar-refractivity contribution in [2.75, 3.05) is 36.9 Å². The second-order valence-electron chi connectivity index (χ2n) is 8.09. The molecule has 3 heterocycles. The number of benzene rings is 1. The van der Waals surface area contributed by atoms with E-state index in [1.165, 1.54) is 12.8 Å². The predicted molar refractivity (Wildman–Crippen MR) is 104 cm³/mol. The predicted octanol–water partition coefficient (Wildman–Crippen LogP) is 2.74. The molecule has 2 fully saturated rings. The number of anilines is 2. The molecular weight excluding hydrogens is 358 g/mol. The Bertz CT molecular complexity index is 882. The Morgan fingerprint density at radius 1 is 1.25 bits per heavy atom. The van der Waals surface area contributed by atoms with E-state index in [9.17, 15) is 4.79 Å². The first-order valence-corrected chi connectivity index (χ1v) is 10.0. The molecule has 3 aliphatic rings. The number of nitrogens with one attached hydrogen (secondary N) is 2. The Labute approximate surface area is 163 Å². The highest BCUT2D eigenvalue weighted by Crippen LogP contribution is 2.53. The molecule has 8 heteroatoms. The zero-order valence-electron chi connectivity index (χ0n) is 16.0. The third-order valence-corrected chi connectivity index (χ3v) is 6.13. The fourth-order valence-corrected chi connectivity index (χ4v) is 4.06. The minimum Gasteiger partial charge on any atom is -0.490 e. The molecule has 1 atom stereocenters. The fraction of sp³-hybridized carbons (Fsp3) is 0.550. The van der Waals surface area contributed by atoms with Crippen molar-refractivity contribution in [2.24, 2.45) is 5.41 Å². The topological polar surface area (TPSA) is 92.5 Å². The lowest BCUT2D eigenvalue weighted by Gasteiger charge is -2.33. The van der Waals surface area contributed by atoms with Crippen LogP contribution >= 0.6 is 0 Å². The third-order valence-electron chi connectivity index (χ3n) is 6.13. The van der Waals surface area contributed by atoms with Gasteiger partial charge in [-0.2, -0.15) is 0 Å². The second-order valence-corrected chi connectivity index (χ2v) is 8.09. The largest absolute Gasteiger partial charge is 0.490 e. The van der Waals surface area contributed by atoms with Crippen molar-refractivity contribution in [3.8, 4) is 17.2 Å². The summed E-state index contributed by atoms with van der Waals surface area (Å²) in [5.41, 5.74) is 2.30. The molecule has 1 aromatic carbocycles. The monoisotopic (exact) mass is 383 g/mol. The number of piperidine rings is 1. The molecule has 1 amide bonds.